The van der Waals surface area contributed by atoms with E-state index in [0.29, 0.717) is 42.4 Å². The summed E-state index contributed by atoms with van der Waals surface area (Å²) < 4.78 is 16.0. The van der Waals surface area contributed by atoms with Gasteiger partial charge in [-0.05, 0) is 59.9 Å². The van der Waals surface area contributed by atoms with Gasteiger partial charge in [0.05, 0.1) is 21.3 Å². The molecule has 0 bridgehead atoms. The van der Waals surface area contributed by atoms with Crippen molar-refractivity contribution in [2.45, 2.75) is 39.3 Å². The number of ether oxygens (including phenoxy) is 3. The summed E-state index contributed by atoms with van der Waals surface area (Å²) in [5, 5.41) is 5.86. The number of nitrogens with one attached hydrogen (secondary N) is 2. The van der Waals surface area contributed by atoms with Crippen LogP contribution in [-0.2, 0) is 17.8 Å². The molecule has 2 unspecified atom stereocenters. The van der Waals surface area contributed by atoms with E-state index in [4.69, 9.17) is 14.2 Å². The Hall–Kier alpha value is -3.42. The average Bonchev–Trinajstić information content (AvgIpc) is 2.85. The van der Waals surface area contributed by atoms with Crippen molar-refractivity contribution in [3.05, 3.63) is 47.5 Å². The van der Waals surface area contributed by atoms with Gasteiger partial charge in [0.2, 0.25) is 5.91 Å². The Kier molecular flexibility index (Phi) is 8.03. The van der Waals surface area contributed by atoms with Crippen LogP contribution in [0, 0.1) is 5.92 Å². The fourth-order valence-corrected chi connectivity index (χ4v) is 3.88. The van der Waals surface area contributed by atoms with Crippen LogP contribution in [0.2, 0.25) is 0 Å². The molecule has 2 atom stereocenters. The van der Waals surface area contributed by atoms with Crippen LogP contribution in [0.15, 0.2) is 36.4 Å². The molecule has 8 heteroatoms. The van der Waals surface area contributed by atoms with Crippen molar-refractivity contribution < 1.29 is 23.8 Å². The number of rotatable bonds is 8. The van der Waals surface area contributed by atoms with Gasteiger partial charge in [-0.3, -0.25) is 4.79 Å². The van der Waals surface area contributed by atoms with Gasteiger partial charge in [0, 0.05) is 18.8 Å². The number of amides is 3. The van der Waals surface area contributed by atoms with E-state index in [1.54, 1.807) is 50.5 Å². The number of anilines is 1. The molecule has 0 saturated carbocycles. The summed E-state index contributed by atoms with van der Waals surface area (Å²) in [6, 6.07) is 10.1. The number of urea groups is 1. The van der Waals surface area contributed by atoms with Crippen molar-refractivity contribution in [3.8, 4) is 17.2 Å². The highest BCUT2D eigenvalue weighted by Crippen LogP contribution is 2.33. The number of hydrogen-bond acceptors (Lipinski definition) is 5. The van der Waals surface area contributed by atoms with E-state index in [1.165, 1.54) is 0 Å². The molecule has 0 aliphatic carbocycles. The second-order valence-electron chi connectivity index (χ2n) is 8.18. The van der Waals surface area contributed by atoms with Gasteiger partial charge in [0.15, 0.2) is 11.5 Å². The van der Waals surface area contributed by atoms with Crippen molar-refractivity contribution in [3.63, 3.8) is 0 Å². The number of carbonyl (C=O) groups excluding carboxylic acids is 2. The fraction of sp³-hybridized carbons (Fsp3) is 0.440. The topological polar surface area (TPSA) is 89.1 Å². The minimum Gasteiger partial charge on any atom is -0.497 e. The first-order chi connectivity index (χ1) is 15.9. The highest BCUT2D eigenvalue weighted by Gasteiger charge is 2.30. The molecule has 0 fully saturated rings. The Balaban J connectivity index is 1.70. The first-order valence-electron chi connectivity index (χ1n) is 11.1. The summed E-state index contributed by atoms with van der Waals surface area (Å²) in [5.74, 6) is 1.75. The molecule has 2 aromatic carbocycles. The summed E-state index contributed by atoms with van der Waals surface area (Å²) in [6.45, 7) is 4.96. The fourth-order valence-electron chi connectivity index (χ4n) is 3.88. The minimum atomic E-state index is -0.656. The maximum absolute atomic E-state index is 13.1. The monoisotopic (exact) mass is 455 g/mol. The highest BCUT2D eigenvalue weighted by atomic mass is 16.5. The van der Waals surface area contributed by atoms with E-state index in [9.17, 15) is 9.59 Å². The standard InChI is InChI=1S/C25H33N3O5/c1-6-16(2)23(24(29)26-19-7-9-20(31-3)10-8-19)27-25(30)28-12-11-17-13-21(32-4)22(33-5)14-18(17)15-28/h7-10,13-14,16,23H,6,11-12,15H2,1-5H3,(H,26,29)(H,27,30). The van der Waals surface area contributed by atoms with Gasteiger partial charge in [0.25, 0.3) is 0 Å². The van der Waals surface area contributed by atoms with E-state index >= 15 is 0 Å². The zero-order valence-electron chi connectivity index (χ0n) is 19.9. The third-order valence-electron chi connectivity index (χ3n) is 6.14. The predicted octanol–water partition coefficient (Wildman–Crippen LogP) is 3.83. The summed E-state index contributed by atoms with van der Waals surface area (Å²) in [6.07, 6.45) is 1.45. The SMILES string of the molecule is CCC(C)C(NC(=O)N1CCc2cc(OC)c(OC)cc2C1)C(=O)Nc1ccc(OC)cc1. The Labute approximate surface area is 195 Å². The predicted molar refractivity (Wildman–Crippen MR) is 127 cm³/mol. The zero-order valence-corrected chi connectivity index (χ0v) is 19.9. The van der Waals surface area contributed by atoms with Crippen LogP contribution in [0.5, 0.6) is 17.2 Å². The number of carbonyl (C=O) groups is 2. The number of methoxy groups -OCH3 is 3. The van der Waals surface area contributed by atoms with Gasteiger partial charge in [0.1, 0.15) is 11.8 Å². The molecule has 3 amide bonds. The van der Waals surface area contributed by atoms with Crippen LogP contribution >= 0.6 is 0 Å². The summed E-state index contributed by atoms with van der Waals surface area (Å²) in [4.78, 5) is 27.9. The summed E-state index contributed by atoms with van der Waals surface area (Å²) >= 11 is 0. The first kappa shape index (κ1) is 24.2. The lowest BCUT2D eigenvalue weighted by atomic mass is 9.97. The maximum atomic E-state index is 13.1. The largest absolute Gasteiger partial charge is 0.497 e. The van der Waals surface area contributed by atoms with Gasteiger partial charge in [-0.25, -0.2) is 4.79 Å². The Morgan fingerprint density at radius 2 is 1.64 bits per heavy atom. The second-order valence-corrected chi connectivity index (χ2v) is 8.18. The summed E-state index contributed by atoms with van der Waals surface area (Å²) in [7, 11) is 4.79. The van der Waals surface area contributed by atoms with Crippen molar-refractivity contribution >= 4 is 17.6 Å². The molecule has 1 heterocycles. The van der Waals surface area contributed by atoms with Crippen LogP contribution in [0.4, 0.5) is 10.5 Å². The Morgan fingerprint density at radius 3 is 2.21 bits per heavy atom. The van der Waals surface area contributed by atoms with Crippen LogP contribution in [0.25, 0.3) is 0 Å². The lowest BCUT2D eigenvalue weighted by Gasteiger charge is -2.32. The Morgan fingerprint density at radius 1 is 1.00 bits per heavy atom. The molecule has 1 aliphatic rings. The van der Waals surface area contributed by atoms with Gasteiger partial charge < -0.3 is 29.7 Å². The van der Waals surface area contributed by atoms with Crippen LogP contribution in [-0.4, -0.2) is 50.8 Å². The Bertz CT molecular complexity index is 977. The quantitative estimate of drug-likeness (QED) is 0.632. The molecular formula is C25H33N3O5. The lowest BCUT2D eigenvalue weighted by molar-refractivity contribution is -0.119. The van der Waals surface area contributed by atoms with Gasteiger partial charge in [-0.2, -0.15) is 0 Å². The van der Waals surface area contributed by atoms with Crippen molar-refractivity contribution in [1.29, 1.82) is 0 Å². The molecule has 33 heavy (non-hydrogen) atoms. The van der Waals surface area contributed by atoms with Crippen molar-refractivity contribution in [2.24, 2.45) is 5.92 Å². The smallest absolute Gasteiger partial charge is 0.318 e. The molecule has 2 aromatic rings. The molecule has 0 radical (unpaired) electrons. The third-order valence-corrected chi connectivity index (χ3v) is 6.14. The van der Waals surface area contributed by atoms with E-state index in [0.717, 1.165) is 17.5 Å². The molecule has 0 aromatic heterocycles. The van der Waals surface area contributed by atoms with Crippen molar-refractivity contribution in [2.75, 3.05) is 33.2 Å². The van der Waals surface area contributed by atoms with Gasteiger partial charge in [-0.1, -0.05) is 20.3 Å². The molecule has 2 N–H and O–H groups in total. The second kappa shape index (κ2) is 10.9. The summed E-state index contributed by atoms with van der Waals surface area (Å²) in [5.41, 5.74) is 2.79. The van der Waals surface area contributed by atoms with E-state index in [2.05, 4.69) is 10.6 Å². The molecule has 8 nitrogen and oxygen atoms in total. The van der Waals surface area contributed by atoms with Crippen LogP contribution < -0.4 is 24.8 Å². The normalized spacial score (nSPS) is 14.5. The minimum absolute atomic E-state index is 0.0337. The zero-order chi connectivity index (χ0) is 24.0. The maximum Gasteiger partial charge on any atom is 0.318 e. The first-order valence-corrected chi connectivity index (χ1v) is 11.1. The van der Waals surface area contributed by atoms with Gasteiger partial charge >= 0.3 is 6.03 Å². The van der Waals surface area contributed by atoms with Crippen molar-refractivity contribution in [1.82, 2.24) is 10.2 Å². The molecule has 0 saturated heterocycles. The molecule has 3 rings (SSSR count). The van der Waals surface area contributed by atoms with Crippen LogP contribution in [0.1, 0.15) is 31.4 Å². The molecule has 178 valence electrons. The average molecular weight is 456 g/mol. The van der Waals surface area contributed by atoms with E-state index in [-0.39, 0.29) is 17.9 Å². The molecule has 0 spiro atoms. The molecule has 1 aliphatic heterocycles. The van der Waals surface area contributed by atoms with E-state index in [1.807, 2.05) is 26.0 Å². The number of benzene rings is 2. The number of hydrogen-bond donors (Lipinski definition) is 2. The number of nitrogens with zero attached hydrogens (tertiary/aromatic N) is 1. The molecular weight excluding hydrogens is 422 g/mol. The van der Waals surface area contributed by atoms with Crippen LogP contribution in [0.3, 0.4) is 0 Å². The highest BCUT2D eigenvalue weighted by molar-refractivity contribution is 5.97. The number of fused-ring (bicyclic) bond motifs is 1. The third kappa shape index (κ3) is 5.69. The lowest BCUT2D eigenvalue weighted by Crippen LogP contribution is -2.53. The van der Waals surface area contributed by atoms with E-state index < -0.39 is 6.04 Å². The van der Waals surface area contributed by atoms with Gasteiger partial charge in [-0.15, -0.1) is 0 Å².